The standard InChI is InChI=1S/C13H23N5O2S/c1-4-15-13-18-11(14)10(21-13)12(20)16-6-5-9(19)17-7-8(2)3/h8H,4-7,14H2,1-3H3,(H,15,18)(H,16,20)(H,17,19). The molecule has 1 rings (SSSR count). The lowest BCUT2D eigenvalue weighted by Gasteiger charge is -2.08. The average molecular weight is 313 g/mol. The van der Waals surface area contributed by atoms with Crippen LogP contribution in [0.5, 0.6) is 0 Å². The van der Waals surface area contributed by atoms with Crippen molar-refractivity contribution in [1.29, 1.82) is 0 Å². The van der Waals surface area contributed by atoms with Crippen LogP contribution in [-0.4, -0.2) is 36.4 Å². The van der Waals surface area contributed by atoms with Crippen molar-refractivity contribution in [2.75, 3.05) is 30.7 Å². The van der Waals surface area contributed by atoms with E-state index in [1.165, 1.54) is 11.3 Å². The highest BCUT2D eigenvalue weighted by Gasteiger charge is 2.15. The maximum absolute atomic E-state index is 12.0. The summed E-state index contributed by atoms with van der Waals surface area (Å²) < 4.78 is 0. The molecule has 0 saturated heterocycles. The summed E-state index contributed by atoms with van der Waals surface area (Å²) in [5.74, 6) is 0.239. The molecule has 21 heavy (non-hydrogen) atoms. The third kappa shape index (κ3) is 5.99. The van der Waals surface area contributed by atoms with Gasteiger partial charge in [-0.25, -0.2) is 4.98 Å². The molecule has 1 aromatic heterocycles. The zero-order valence-corrected chi connectivity index (χ0v) is 13.5. The molecule has 0 saturated carbocycles. The smallest absolute Gasteiger partial charge is 0.265 e. The van der Waals surface area contributed by atoms with Gasteiger partial charge < -0.3 is 21.7 Å². The topological polar surface area (TPSA) is 109 Å². The first kappa shape index (κ1) is 17.2. The molecule has 0 unspecified atom stereocenters. The number of aromatic nitrogens is 1. The van der Waals surface area contributed by atoms with Crippen molar-refractivity contribution in [1.82, 2.24) is 15.6 Å². The third-order valence-electron chi connectivity index (χ3n) is 2.53. The maximum Gasteiger partial charge on any atom is 0.265 e. The number of nitrogens with two attached hydrogens (primary N) is 1. The van der Waals surface area contributed by atoms with E-state index in [0.717, 1.165) is 0 Å². The lowest BCUT2D eigenvalue weighted by atomic mass is 10.2. The van der Waals surface area contributed by atoms with Crippen molar-refractivity contribution in [2.45, 2.75) is 27.2 Å². The van der Waals surface area contributed by atoms with Gasteiger partial charge in [0, 0.05) is 26.1 Å². The summed E-state index contributed by atoms with van der Waals surface area (Å²) >= 11 is 1.21. The molecule has 5 N–H and O–H groups in total. The molecular formula is C13H23N5O2S. The molecule has 0 radical (unpaired) electrons. The quantitative estimate of drug-likeness (QED) is 0.573. The number of nitrogens with zero attached hydrogens (tertiary/aromatic N) is 1. The second-order valence-corrected chi connectivity index (χ2v) is 5.97. The van der Waals surface area contributed by atoms with Crippen LogP contribution in [0, 0.1) is 5.92 Å². The fraction of sp³-hybridized carbons (Fsp3) is 0.615. The molecular weight excluding hydrogens is 290 g/mol. The van der Waals surface area contributed by atoms with Crippen molar-refractivity contribution < 1.29 is 9.59 Å². The van der Waals surface area contributed by atoms with Gasteiger partial charge in [0.05, 0.1) is 0 Å². The number of amides is 2. The van der Waals surface area contributed by atoms with E-state index in [-0.39, 0.29) is 30.6 Å². The van der Waals surface area contributed by atoms with Crippen molar-refractivity contribution in [2.24, 2.45) is 5.92 Å². The molecule has 0 bridgehead atoms. The van der Waals surface area contributed by atoms with E-state index in [1.807, 2.05) is 20.8 Å². The van der Waals surface area contributed by atoms with Gasteiger partial charge >= 0.3 is 0 Å². The number of carbonyl (C=O) groups is 2. The van der Waals surface area contributed by atoms with Crippen LogP contribution in [0.15, 0.2) is 0 Å². The predicted octanol–water partition coefficient (Wildman–Crippen LogP) is 1.05. The normalized spacial score (nSPS) is 10.5. The molecule has 0 aliphatic heterocycles. The Hall–Kier alpha value is -1.83. The van der Waals surface area contributed by atoms with Crippen LogP contribution in [0.2, 0.25) is 0 Å². The minimum absolute atomic E-state index is 0.0744. The van der Waals surface area contributed by atoms with E-state index < -0.39 is 0 Å². The molecule has 0 fully saturated rings. The minimum atomic E-state index is -0.300. The summed E-state index contributed by atoms with van der Waals surface area (Å²) in [6.45, 7) is 7.61. The first-order valence-corrected chi connectivity index (χ1v) is 7.80. The number of hydrogen-bond donors (Lipinski definition) is 4. The first-order chi connectivity index (χ1) is 9.93. The van der Waals surface area contributed by atoms with E-state index in [2.05, 4.69) is 20.9 Å². The number of hydrogen-bond acceptors (Lipinski definition) is 6. The Labute approximate surface area is 128 Å². The summed E-state index contributed by atoms with van der Waals surface area (Å²) in [6.07, 6.45) is 0.247. The highest BCUT2D eigenvalue weighted by Crippen LogP contribution is 2.24. The van der Waals surface area contributed by atoms with Crippen LogP contribution in [0.4, 0.5) is 10.9 Å². The molecule has 118 valence electrons. The fourth-order valence-corrected chi connectivity index (χ4v) is 2.37. The number of carbonyl (C=O) groups excluding carboxylic acids is 2. The number of nitrogens with one attached hydrogen (secondary N) is 3. The summed E-state index contributed by atoms with van der Waals surface area (Å²) in [7, 11) is 0. The number of anilines is 2. The van der Waals surface area contributed by atoms with Crippen LogP contribution in [-0.2, 0) is 4.79 Å². The Bertz CT molecular complexity index is 487. The first-order valence-electron chi connectivity index (χ1n) is 6.99. The lowest BCUT2D eigenvalue weighted by molar-refractivity contribution is -0.121. The third-order valence-corrected chi connectivity index (χ3v) is 3.56. The van der Waals surface area contributed by atoms with Crippen molar-refractivity contribution in [3.8, 4) is 0 Å². The largest absolute Gasteiger partial charge is 0.382 e. The Kier molecular flexibility index (Phi) is 6.93. The number of rotatable bonds is 8. The summed E-state index contributed by atoms with van der Waals surface area (Å²) in [5.41, 5.74) is 5.70. The van der Waals surface area contributed by atoms with E-state index >= 15 is 0 Å². The van der Waals surface area contributed by atoms with Crippen molar-refractivity contribution >= 4 is 34.1 Å². The van der Waals surface area contributed by atoms with Crippen LogP contribution < -0.4 is 21.7 Å². The van der Waals surface area contributed by atoms with Crippen LogP contribution >= 0.6 is 11.3 Å². The SMILES string of the molecule is CCNc1nc(N)c(C(=O)NCCC(=O)NCC(C)C)s1. The fourth-order valence-electron chi connectivity index (χ4n) is 1.50. The second kappa shape index (κ2) is 8.46. The zero-order chi connectivity index (χ0) is 15.8. The van der Waals surface area contributed by atoms with Crippen LogP contribution in [0.1, 0.15) is 36.9 Å². The number of thiazole rings is 1. The van der Waals surface area contributed by atoms with E-state index in [4.69, 9.17) is 5.73 Å². The van der Waals surface area contributed by atoms with E-state index in [1.54, 1.807) is 0 Å². The summed E-state index contributed by atoms with van der Waals surface area (Å²) in [5, 5.41) is 9.10. The average Bonchev–Trinajstić information content (AvgIpc) is 2.77. The number of nitrogen functional groups attached to an aromatic ring is 1. The van der Waals surface area contributed by atoms with Crippen LogP contribution in [0.3, 0.4) is 0 Å². The predicted molar refractivity (Wildman–Crippen MR) is 85.5 cm³/mol. The Balaban J connectivity index is 2.38. The molecule has 2 amide bonds. The van der Waals surface area contributed by atoms with Crippen LogP contribution in [0.25, 0.3) is 0 Å². The van der Waals surface area contributed by atoms with Gasteiger partial charge in [-0.2, -0.15) is 0 Å². The Morgan fingerprint density at radius 2 is 2.05 bits per heavy atom. The van der Waals surface area contributed by atoms with Gasteiger partial charge in [-0.15, -0.1) is 0 Å². The molecule has 1 aromatic rings. The van der Waals surface area contributed by atoms with Gasteiger partial charge in [0.1, 0.15) is 10.7 Å². The Morgan fingerprint density at radius 1 is 1.33 bits per heavy atom. The highest BCUT2D eigenvalue weighted by atomic mass is 32.1. The van der Waals surface area contributed by atoms with Crippen molar-refractivity contribution in [3.05, 3.63) is 4.88 Å². The molecule has 0 aliphatic rings. The lowest BCUT2D eigenvalue weighted by Crippen LogP contribution is -2.32. The van der Waals surface area contributed by atoms with E-state index in [0.29, 0.717) is 29.0 Å². The van der Waals surface area contributed by atoms with Gasteiger partial charge in [-0.05, 0) is 12.8 Å². The van der Waals surface area contributed by atoms with E-state index in [9.17, 15) is 9.59 Å². The molecule has 0 atom stereocenters. The Morgan fingerprint density at radius 3 is 2.67 bits per heavy atom. The molecule has 7 nitrogen and oxygen atoms in total. The van der Waals surface area contributed by atoms with Gasteiger partial charge in [0.2, 0.25) is 5.91 Å². The molecule has 0 spiro atoms. The minimum Gasteiger partial charge on any atom is -0.382 e. The zero-order valence-electron chi connectivity index (χ0n) is 12.7. The molecule has 0 aromatic carbocycles. The van der Waals surface area contributed by atoms with Gasteiger partial charge in [-0.1, -0.05) is 25.2 Å². The summed E-state index contributed by atoms with van der Waals surface area (Å²) in [6, 6.07) is 0. The van der Waals surface area contributed by atoms with Crippen molar-refractivity contribution in [3.63, 3.8) is 0 Å². The molecule has 8 heteroatoms. The summed E-state index contributed by atoms with van der Waals surface area (Å²) in [4.78, 5) is 27.9. The monoisotopic (exact) mass is 313 g/mol. The second-order valence-electron chi connectivity index (χ2n) is 4.97. The molecule has 1 heterocycles. The maximum atomic E-state index is 12.0. The highest BCUT2D eigenvalue weighted by molar-refractivity contribution is 7.18. The van der Waals surface area contributed by atoms with Gasteiger partial charge in [0.25, 0.3) is 5.91 Å². The van der Waals surface area contributed by atoms with Gasteiger partial charge in [0.15, 0.2) is 5.13 Å². The molecule has 0 aliphatic carbocycles. The van der Waals surface area contributed by atoms with Gasteiger partial charge in [-0.3, -0.25) is 9.59 Å².